The van der Waals surface area contributed by atoms with Crippen molar-refractivity contribution in [2.45, 2.75) is 6.92 Å². The molecule has 8 heavy (non-hydrogen) atoms. The summed E-state index contributed by atoms with van der Waals surface area (Å²) in [6, 6.07) is 3.88. The van der Waals surface area contributed by atoms with Crippen LogP contribution in [0.3, 0.4) is 0 Å². The van der Waals surface area contributed by atoms with Crippen molar-refractivity contribution in [3.63, 3.8) is 0 Å². The minimum atomic E-state index is -0.546. The van der Waals surface area contributed by atoms with Crippen LogP contribution in [0.4, 0.5) is 4.39 Å². The SMILES string of the molecule is Cc1c[c]c(F)nc1. The van der Waals surface area contributed by atoms with Crippen LogP contribution < -0.4 is 0 Å². The first-order chi connectivity index (χ1) is 3.79. The Kier molecular flexibility index (Phi) is 1.24. The van der Waals surface area contributed by atoms with Gasteiger partial charge in [0.2, 0.25) is 5.95 Å². The van der Waals surface area contributed by atoms with Gasteiger partial charge in [-0.3, -0.25) is 0 Å². The zero-order valence-electron chi connectivity index (χ0n) is 4.48. The average Bonchev–Trinajstić information content (AvgIpc) is 1.77. The molecule has 0 aliphatic carbocycles. The van der Waals surface area contributed by atoms with Crippen LogP contribution in [0.15, 0.2) is 12.3 Å². The Bertz CT molecular complexity index is 147. The summed E-state index contributed by atoms with van der Waals surface area (Å²) in [4.78, 5) is 3.36. The van der Waals surface area contributed by atoms with E-state index in [2.05, 4.69) is 11.1 Å². The first-order valence-electron chi connectivity index (χ1n) is 2.29. The van der Waals surface area contributed by atoms with Crippen LogP contribution >= 0.6 is 0 Å². The highest BCUT2D eigenvalue weighted by Crippen LogP contribution is 1.93. The second-order valence-electron chi connectivity index (χ2n) is 1.58. The number of hydrogen-bond acceptors (Lipinski definition) is 1. The van der Waals surface area contributed by atoms with Crippen molar-refractivity contribution < 1.29 is 4.39 Å². The summed E-state index contributed by atoms with van der Waals surface area (Å²) in [5.74, 6) is -0.546. The number of pyridine rings is 1. The molecule has 1 radical (unpaired) electrons. The molecule has 0 spiro atoms. The van der Waals surface area contributed by atoms with Gasteiger partial charge in [-0.15, -0.1) is 0 Å². The largest absolute Gasteiger partial charge is 0.228 e. The van der Waals surface area contributed by atoms with Gasteiger partial charge in [-0.1, -0.05) is 0 Å². The number of rotatable bonds is 0. The van der Waals surface area contributed by atoms with E-state index in [0.717, 1.165) is 5.56 Å². The van der Waals surface area contributed by atoms with E-state index in [4.69, 9.17) is 0 Å². The summed E-state index contributed by atoms with van der Waals surface area (Å²) in [5, 5.41) is 0. The van der Waals surface area contributed by atoms with Gasteiger partial charge < -0.3 is 0 Å². The third-order valence-corrected chi connectivity index (χ3v) is 0.800. The van der Waals surface area contributed by atoms with Crippen LogP contribution in [0.25, 0.3) is 0 Å². The molecule has 2 heteroatoms. The van der Waals surface area contributed by atoms with E-state index in [1.807, 2.05) is 6.92 Å². The number of halogens is 1. The Morgan fingerprint density at radius 3 is 2.88 bits per heavy atom. The maximum absolute atomic E-state index is 11.9. The first-order valence-corrected chi connectivity index (χ1v) is 2.29. The Hall–Kier alpha value is -0.920. The predicted octanol–water partition coefficient (Wildman–Crippen LogP) is 1.33. The average molecular weight is 110 g/mol. The number of hydrogen-bond donors (Lipinski definition) is 0. The first kappa shape index (κ1) is 5.22. The third-order valence-electron chi connectivity index (χ3n) is 0.800. The standard InChI is InChI=1S/C6H5FN/c1-5-2-3-6(7)8-4-5/h2,4H,1H3. The Morgan fingerprint density at radius 2 is 2.50 bits per heavy atom. The molecule has 0 aliphatic rings. The topological polar surface area (TPSA) is 12.9 Å². The van der Waals surface area contributed by atoms with Gasteiger partial charge in [-0.25, -0.2) is 4.98 Å². The van der Waals surface area contributed by atoms with Gasteiger partial charge in [0.1, 0.15) is 0 Å². The monoisotopic (exact) mass is 110 g/mol. The van der Waals surface area contributed by atoms with E-state index in [-0.39, 0.29) is 0 Å². The van der Waals surface area contributed by atoms with Crippen LogP contribution in [0, 0.1) is 18.9 Å². The zero-order valence-corrected chi connectivity index (χ0v) is 4.48. The zero-order chi connectivity index (χ0) is 5.98. The van der Waals surface area contributed by atoms with Gasteiger partial charge in [-0.2, -0.15) is 4.39 Å². The highest BCUT2D eigenvalue weighted by molar-refractivity contribution is 5.04. The molecule has 1 nitrogen and oxygen atoms in total. The summed E-state index contributed by atoms with van der Waals surface area (Å²) in [6.45, 7) is 1.84. The smallest absolute Gasteiger partial charge is 0.220 e. The highest BCUT2D eigenvalue weighted by Gasteiger charge is 1.86. The van der Waals surface area contributed by atoms with Crippen molar-refractivity contribution in [1.29, 1.82) is 0 Å². The summed E-state index contributed by atoms with van der Waals surface area (Å²) >= 11 is 0. The van der Waals surface area contributed by atoms with Crippen LogP contribution in [-0.4, -0.2) is 4.98 Å². The maximum Gasteiger partial charge on any atom is 0.220 e. The molecule has 0 amide bonds. The number of aryl methyl sites for hydroxylation is 1. The van der Waals surface area contributed by atoms with Crippen LogP contribution in [0.1, 0.15) is 5.56 Å². The minimum absolute atomic E-state index is 0.546. The van der Waals surface area contributed by atoms with Crippen molar-refractivity contribution in [3.8, 4) is 0 Å². The van der Waals surface area contributed by atoms with E-state index >= 15 is 0 Å². The van der Waals surface area contributed by atoms with Crippen LogP contribution in [0.2, 0.25) is 0 Å². The molecular weight excluding hydrogens is 105 g/mol. The van der Waals surface area contributed by atoms with Gasteiger partial charge in [-0.05, 0) is 18.6 Å². The lowest BCUT2D eigenvalue weighted by Crippen LogP contribution is -1.80. The van der Waals surface area contributed by atoms with Crippen molar-refractivity contribution in [2.24, 2.45) is 0 Å². The Balaban J connectivity index is 3.03. The summed E-state index contributed by atoms with van der Waals surface area (Å²) in [7, 11) is 0. The fraction of sp³-hybridized carbons (Fsp3) is 0.167. The summed E-state index contributed by atoms with van der Waals surface area (Å²) in [6.07, 6.45) is 1.46. The van der Waals surface area contributed by atoms with Crippen molar-refractivity contribution >= 4 is 0 Å². The molecule has 41 valence electrons. The molecule has 0 bridgehead atoms. The van der Waals surface area contributed by atoms with Crippen molar-refractivity contribution in [2.75, 3.05) is 0 Å². The van der Waals surface area contributed by atoms with Gasteiger partial charge in [0.25, 0.3) is 0 Å². The van der Waals surface area contributed by atoms with Gasteiger partial charge >= 0.3 is 0 Å². The van der Waals surface area contributed by atoms with Gasteiger partial charge in [0.15, 0.2) is 0 Å². The molecule has 1 rings (SSSR count). The molecule has 0 saturated heterocycles. The molecule has 0 N–H and O–H groups in total. The number of nitrogens with zero attached hydrogens (tertiary/aromatic N) is 1. The molecular formula is C6H5FN. The van der Waals surface area contributed by atoms with E-state index < -0.39 is 5.95 Å². The molecule has 1 heterocycles. The van der Waals surface area contributed by atoms with E-state index in [1.54, 1.807) is 6.07 Å². The molecule has 0 fully saturated rings. The molecule has 1 aromatic heterocycles. The fourth-order valence-corrected chi connectivity index (χ4v) is 0.406. The fourth-order valence-electron chi connectivity index (χ4n) is 0.406. The van der Waals surface area contributed by atoms with Crippen LogP contribution in [0.5, 0.6) is 0 Å². The molecule has 0 unspecified atom stereocenters. The number of aromatic nitrogens is 1. The minimum Gasteiger partial charge on any atom is -0.228 e. The van der Waals surface area contributed by atoms with Crippen molar-refractivity contribution in [1.82, 2.24) is 4.98 Å². The van der Waals surface area contributed by atoms with Crippen LogP contribution in [-0.2, 0) is 0 Å². The lowest BCUT2D eigenvalue weighted by Gasteiger charge is -1.85. The van der Waals surface area contributed by atoms with E-state index in [9.17, 15) is 4.39 Å². The molecule has 0 aliphatic heterocycles. The van der Waals surface area contributed by atoms with E-state index in [0.29, 0.717) is 0 Å². The lowest BCUT2D eigenvalue weighted by atomic mass is 10.3. The van der Waals surface area contributed by atoms with Gasteiger partial charge in [0, 0.05) is 12.3 Å². The van der Waals surface area contributed by atoms with Crippen molar-refractivity contribution in [3.05, 3.63) is 29.8 Å². The molecule has 0 saturated carbocycles. The Labute approximate surface area is 47.2 Å². The van der Waals surface area contributed by atoms with Gasteiger partial charge in [0.05, 0.1) is 0 Å². The predicted molar refractivity (Wildman–Crippen MR) is 27.8 cm³/mol. The molecule has 0 aromatic carbocycles. The second-order valence-corrected chi connectivity index (χ2v) is 1.58. The maximum atomic E-state index is 11.9. The van der Waals surface area contributed by atoms with E-state index in [1.165, 1.54) is 6.20 Å². The summed E-state index contributed by atoms with van der Waals surface area (Å²) < 4.78 is 11.9. The molecule has 1 aromatic rings. The lowest BCUT2D eigenvalue weighted by molar-refractivity contribution is 0.580. The quantitative estimate of drug-likeness (QED) is 0.459. The third kappa shape index (κ3) is 1.03. The molecule has 0 atom stereocenters. The normalized spacial score (nSPS) is 9.25. The highest BCUT2D eigenvalue weighted by atomic mass is 19.1. The Morgan fingerprint density at radius 1 is 1.75 bits per heavy atom. The second kappa shape index (κ2) is 1.90. The summed E-state index contributed by atoms with van der Waals surface area (Å²) in [5.41, 5.74) is 0.923.